The van der Waals surface area contributed by atoms with Crippen LogP contribution in [-0.2, 0) is 21.9 Å². The minimum Gasteiger partial charge on any atom is -0.497 e. The van der Waals surface area contributed by atoms with E-state index >= 15 is 0 Å². The standard InChI is InChI=1S/C20H20N2O4S/c1-14(27-13-15-6-4-3-5-7-15)20(23)25-12-18-21-19(26-22-18)16-8-10-17(24-2)11-9-16/h3-11,14H,12-13H2,1-2H3. The highest BCUT2D eigenvalue weighted by Gasteiger charge is 2.17. The Hall–Kier alpha value is -2.80. The molecule has 1 atom stereocenters. The monoisotopic (exact) mass is 384 g/mol. The normalized spacial score (nSPS) is 11.8. The van der Waals surface area contributed by atoms with Crippen LogP contribution < -0.4 is 4.74 Å². The Morgan fingerprint density at radius 2 is 1.89 bits per heavy atom. The SMILES string of the molecule is COc1ccc(-c2nc(COC(=O)C(C)SCc3ccccc3)no2)cc1. The van der Waals surface area contributed by atoms with Gasteiger partial charge in [-0.25, -0.2) is 0 Å². The van der Waals surface area contributed by atoms with Gasteiger partial charge < -0.3 is 14.0 Å². The maximum Gasteiger partial charge on any atom is 0.319 e. The lowest BCUT2D eigenvalue weighted by Crippen LogP contribution is -2.17. The van der Waals surface area contributed by atoms with Crippen LogP contribution in [0.15, 0.2) is 59.1 Å². The lowest BCUT2D eigenvalue weighted by atomic mass is 10.2. The van der Waals surface area contributed by atoms with Crippen molar-refractivity contribution < 1.29 is 18.8 Å². The fraction of sp³-hybridized carbons (Fsp3) is 0.250. The molecular formula is C20H20N2O4S. The number of thioether (sulfide) groups is 1. The van der Waals surface area contributed by atoms with Gasteiger partial charge in [0.1, 0.15) is 5.75 Å². The highest BCUT2D eigenvalue weighted by atomic mass is 32.2. The first-order valence-corrected chi connectivity index (χ1v) is 9.50. The van der Waals surface area contributed by atoms with Crippen molar-refractivity contribution in [1.82, 2.24) is 10.1 Å². The topological polar surface area (TPSA) is 74.5 Å². The molecule has 140 valence electrons. The van der Waals surface area contributed by atoms with E-state index in [-0.39, 0.29) is 17.8 Å². The molecule has 0 spiro atoms. The van der Waals surface area contributed by atoms with E-state index in [1.54, 1.807) is 7.11 Å². The first-order chi connectivity index (χ1) is 13.2. The number of ether oxygens (including phenoxy) is 2. The molecule has 0 N–H and O–H groups in total. The summed E-state index contributed by atoms with van der Waals surface area (Å²) < 4.78 is 15.6. The highest BCUT2D eigenvalue weighted by Crippen LogP contribution is 2.21. The average molecular weight is 384 g/mol. The van der Waals surface area contributed by atoms with E-state index in [2.05, 4.69) is 10.1 Å². The molecule has 0 fully saturated rings. The molecule has 3 aromatic rings. The fourth-order valence-corrected chi connectivity index (χ4v) is 3.12. The fourth-order valence-electron chi connectivity index (χ4n) is 2.28. The Morgan fingerprint density at radius 1 is 1.15 bits per heavy atom. The average Bonchev–Trinajstić information content (AvgIpc) is 3.20. The lowest BCUT2D eigenvalue weighted by Gasteiger charge is -2.10. The van der Waals surface area contributed by atoms with Crippen LogP contribution in [0.4, 0.5) is 0 Å². The van der Waals surface area contributed by atoms with Crippen LogP contribution in [0.1, 0.15) is 18.3 Å². The number of hydrogen-bond donors (Lipinski definition) is 0. The van der Waals surface area contributed by atoms with E-state index < -0.39 is 0 Å². The van der Waals surface area contributed by atoms with Crippen molar-refractivity contribution in [1.29, 1.82) is 0 Å². The summed E-state index contributed by atoms with van der Waals surface area (Å²) >= 11 is 1.53. The molecule has 0 saturated heterocycles. The quantitative estimate of drug-likeness (QED) is 0.541. The number of carbonyl (C=O) groups is 1. The van der Waals surface area contributed by atoms with Crippen molar-refractivity contribution in [3.8, 4) is 17.2 Å². The van der Waals surface area contributed by atoms with E-state index in [0.717, 1.165) is 17.1 Å². The number of carbonyl (C=O) groups excluding carboxylic acids is 1. The van der Waals surface area contributed by atoms with Gasteiger partial charge in [-0.3, -0.25) is 4.79 Å². The Balaban J connectivity index is 1.49. The van der Waals surface area contributed by atoms with Gasteiger partial charge in [0.15, 0.2) is 6.61 Å². The van der Waals surface area contributed by atoms with Crippen LogP contribution in [0, 0.1) is 0 Å². The van der Waals surface area contributed by atoms with Gasteiger partial charge in [0.25, 0.3) is 5.89 Å². The molecule has 0 aliphatic rings. The van der Waals surface area contributed by atoms with Crippen LogP contribution in [-0.4, -0.2) is 28.5 Å². The molecule has 27 heavy (non-hydrogen) atoms. The maximum absolute atomic E-state index is 12.1. The van der Waals surface area contributed by atoms with Crippen molar-refractivity contribution in [3.63, 3.8) is 0 Å². The smallest absolute Gasteiger partial charge is 0.319 e. The van der Waals surface area contributed by atoms with Crippen LogP contribution >= 0.6 is 11.8 Å². The summed E-state index contributed by atoms with van der Waals surface area (Å²) in [5, 5.41) is 3.58. The van der Waals surface area contributed by atoms with Crippen molar-refractivity contribution in [2.75, 3.05) is 7.11 Å². The molecule has 1 heterocycles. The van der Waals surface area contributed by atoms with Gasteiger partial charge >= 0.3 is 5.97 Å². The molecule has 0 saturated carbocycles. The zero-order valence-corrected chi connectivity index (χ0v) is 15.9. The molecule has 7 heteroatoms. The van der Waals surface area contributed by atoms with Crippen molar-refractivity contribution >= 4 is 17.7 Å². The second kappa shape index (κ2) is 9.23. The molecule has 2 aromatic carbocycles. The third-order valence-electron chi connectivity index (χ3n) is 3.82. The van der Waals surface area contributed by atoms with Crippen LogP contribution in [0.2, 0.25) is 0 Å². The lowest BCUT2D eigenvalue weighted by molar-refractivity contribution is -0.144. The molecule has 0 amide bonds. The summed E-state index contributed by atoms with van der Waals surface area (Å²) in [4.78, 5) is 16.4. The number of aromatic nitrogens is 2. The number of hydrogen-bond acceptors (Lipinski definition) is 7. The number of benzene rings is 2. The third kappa shape index (κ3) is 5.34. The second-order valence-electron chi connectivity index (χ2n) is 5.79. The largest absolute Gasteiger partial charge is 0.497 e. The number of nitrogens with zero attached hydrogens (tertiary/aromatic N) is 2. The van der Waals surface area contributed by atoms with Gasteiger partial charge in [-0.1, -0.05) is 35.5 Å². The van der Waals surface area contributed by atoms with Crippen LogP contribution in [0.25, 0.3) is 11.5 Å². The van der Waals surface area contributed by atoms with Gasteiger partial charge in [-0.15, -0.1) is 11.8 Å². The molecule has 6 nitrogen and oxygen atoms in total. The first-order valence-electron chi connectivity index (χ1n) is 8.45. The third-order valence-corrected chi connectivity index (χ3v) is 5.02. The van der Waals surface area contributed by atoms with Gasteiger partial charge in [0.2, 0.25) is 5.82 Å². The maximum atomic E-state index is 12.1. The number of methoxy groups -OCH3 is 1. The summed E-state index contributed by atoms with van der Waals surface area (Å²) in [5.41, 5.74) is 1.94. The minimum atomic E-state index is -0.299. The minimum absolute atomic E-state index is 0.0191. The molecule has 3 rings (SSSR count). The van der Waals surface area contributed by atoms with E-state index in [0.29, 0.717) is 11.7 Å². The van der Waals surface area contributed by atoms with E-state index in [1.807, 2.05) is 61.5 Å². The Bertz CT molecular complexity index is 865. The predicted octanol–water partition coefficient (Wildman–Crippen LogP) is 4.11. The van der Waals surface area contributed by atoms with E-state index in [4.69, 9.17) is 14.0 Å². The molecule has 0 aliphatic carbocycles. The van der Waals surface area contributed by atoms with E-state index in [1.165, 1.54) is 17.3 Å². The highest BCUT2D eigenvalue weighted by molar-refractivity contribution is 7.99. The summed E-state index contributed by atoms with van der Waals surface area (Å²) in [6.45, 7) is 1.81. The van der Waals surface area contributed by atoms with Crippen LogP contribution in [0.5, 0.6) is 5.75 Å². The van der Waals surface area contributed by atoms with Crippen molar-refractivity contribution in [2.45, 2.75) is 24.5 Å². The summed E-state index contributed by atoms with van der Waals surface area (Å²) in [5.74, 6) is 1.90. The molecule has 0 bridgehead atoms. The van der Waals surface area contributed by atoms with Crippen molar-refractivity contribution in [2.24, 2.45) is 0 Å². The molecule has 1 unspecified atom stereocenters. The zero-order valence-electron chi connectivity index (χ0n) is 15.1. The Labute approximate surface area is 161 Å². The molecule has 0 aliphatic heterocycles. The van der Waals surface area contributed by atoms with Gasteiger partial charge in [0, 0.05) is 11.3 Å². The van der Waals surface area contributed by atoms with E-state index in [9.17, 15) is 4.79 Å². The second-order valence-corrected chi connectivity index (χ2v) is 7.12. The summed E-state index contributed by atoms with van der Waals surface area (Å²) in [6, 6.07) is 17.3. The Morgan fingerprint density at radius 3 is 2.59 bits per heavy atom. The first kappa shape index (κ1) is 19.0. The Kier molecular flexibility index (Phi) is 6.49. The molecule has 0 radical (unpaired) electrons. The number of esters is 1. The van der Waals surface area contributed by atoms with Crippen molar-refractivity contribution in [3.05, 3.63) is 66.0 Å². The van der Waals surface area contributed by atoms with Gasteiger partial charge in [0.05, 0.1) is 12.4 Å². The predicted molar refractivity (Wildman–Crippen MR) is 103 cm³/mol. The zero-order chi connectivity index (χ0) is 19.1. The van der Waals surface area contributed by atoms with Gasteiger partial charge in [-0.05, 0) is 36.8 Å². The summed E-state index contributed by atoms with van der Waals surface area (Å²) in [6.07, 6.45) is 0. The summed E-state index contributed by atoms with van der Waals surface area (Å²) in [7, 11) is 1.60. The molecule has 1 aromatic heterocycles. The number of rotatable bonds is 8. The molecular weight excluding hydrogens is 364 g/mol. The van der Waals surface area contributed by atoms with Crippen LogP contribution in [0.3, 0.4) is 0 Å². The van der Waals surface area contributed by atoms with Gasteiger partial charge in [-0.2, -0.15) is 4.98 Å².